The van der Waals surface area contributed by atoms with Crippen LogP contribution in [0.15, 0.2) is 41.8 Å². The zero-order chi connectivity index (χ0) is 13.4. The molecule has 0 bridgehead atoms. The van der Waals surface area contributed by atoms with E-state index in [2.05, 4.69) is 11.3 Å². The maximum atomic E-state index is 12.3. The topological polar surface area (TPSA) is 26.3 Å². The van der Waals surface area contributed by atoms with Gasteiger partial charge >= 0.3 is 16.2 Å². The van der Waals surface area contributed by atoms with Gasteiger partial charge in [0.25, 0.3) is 0 Å². The van der Waals surface area contributed by atoms with E-state index >= 15 is 0 Å². The highest BCUT2D eigenvalue weighted by atomic mass is 32.5. The van der Waals surface area contributed by atoms with Gasteiger partial charge in [0.15, 0.2) is 0 Å². The van der Waals surface area contributed by atoms with Crippen LogP contribution in [-0.4, -0.2) is 5.97 Å². The Hall–Kier alpha value is -1.57. The molecule has 1 aromatic carbocycles. The first-order valence-electron chi connectivity index (χ1n) is 4.11. The summed E-state index contributed by atoms with van der Waals surface area (Å²) in [6.45, 7) is 3.07. The Balaban J connectivity index is 3.06. The van der Waals surface area contributed by atoms with Gasteiger partial charge in [0.2, 0.25) is 0 Å². The molecule has 0 radical (unpaired) electrons. The Bertz CT molecular complexity index is 462. The van der Waals surface area contributed by atoms with Gasteiger partial charge in [0.1, 0.15) is 10.6 Å². The molecular weight excluding hydrogens is 267 g/mol. The third kappa shape index (κ3) is 3.74. The van der Waals surface area contributed by atoms with Crippen LogP contribution in [0.3, 0.4) is 0 Å². The molecule has 0 aromatic heterocycles. The number of benzene rings is 1. The molecule has 0 amide bonds. The molecule has 17 heavy (non-hydrogen) atoms. The number of rotatable bonds is 3. The number of halogens is 5. The molecule has 0 unspecified atom stereocenters. The lowest BCUT2D eigenvalue weighted by Gasteiger charge is -2.40. The molecule has 0 N–H and O–H groups in total. The maximum Gasteiger partial charge on any atom is 0.335 e. The minimum Gasteiger partial charge on any atom is -0.423 e. The average Bonchev–Trinajstić information content (AvgIpc) is 2.15. The zero-order valence-corrected chi connectivity index (χ0v) is 9.02. The van der Waals surface area contributed by atoms with E-state index in [4.69, 9.17) is 0 Å². The van der Waals surface area contributed by atoms with Crippen molar-refractivity contribution < 1.29 is 29.0 Å². The van der Waals surface area contributed by atoms with E-state index in [0.717, 1.165) is 6.08 Å². The molecule has 0 saturated carbocycles. The predicted octanol–water partition coefficient (Wildman–Crippen LogP) is 4.44. The fourth-order valence-corrected chi connectivity index (χ4v) is 1.57. The fraction of sp³-hybridized carbons (Fsp3) is 0. The highest BCUT2D eigenvalue weighted by Crippen LogP contribution is 3.02. The van der Waals surface area contributed by atoms with Crippen LogP contribution in [-0.2, 0) is 4.79 Å². The summed E-state index contributed by atoms with van der Waals surface area (Å²) < 4.78 is 65.9. The summed E-state index contributed by atoms with van der Waals surface area (Å²) in [5, 5.41) is 0. The lowest BCUT2D eigenvalue weighted by Crippen LogP contribution is -2.07. The van der Waals surface area contributed by atoms with Gasteiger partial charge in [-0.1, -0.05) is 26.0 Å². The van der Waals surface area contributed by atoms with Crippen molar-refractivity contribution in [2.75, 3.05) is 0 Å². The second-order valence-corrected chi connectivity index (χ2v) is 5.47. The van der Waals surface area contributed by atoms with Crippen molar-refractivity contribution in [2.24, 2.45) is 0 Å². The minimum atomic E-state index is -9.67. The van der Waals surface area contributed by atoms with Gasteiger partial charge in [-0.15, -0.1) is 0 Å². The van der Waals surface area contributed by atoms with Gasteiger partial charge in [-0.05, 0) is 24.3 Å². The van der Waals surface area contributed by atoms with Gasteiger partial charge in [-0.25, -0.2) is 4.79 Å². The van der Waals surface area contributed by atoms with Crippen molar-refractivity contribution in [3.05, 3.63) is 36.9 Å². The van der Waals surface area contributed by atoms with E-state index in [9.17, 15) is 24.2 Å². The highest BCUT2D eigenvalue weighted by Gasteiger charge is 2.65. The van der Waals surface area contributed by atoms with Crippen molar-refractivity contribution in [1.82, 2.24) is 0 Å². The molecule has 0 atom stereocenters. The van der Waals surface area contributed by atoms with Crippen molar-refractivity contribution in [3.63, 3.8) is 0 Å². The van der Waals surface area contributed by atoms with E-state index in [1.54, 1.807) is 0 Å². The molecule has 1 rings (SSSR count). The second kappa shape index (κ2) is 3.22. The van der Waals surface area contributed by atoms with Crippen LogP contribution in [0.4, 0.5) is 19.4 Å². The molecule has 96 valence electrons. The summed E-state index contributed by atoms with van der Waals surface area (Å²) in [5.41, 5.74) is 0. The number of esters is 1. The standard InChI is InChI=1S/C9H7F5O2S/c1-2-9(15)16-7-3-5-8(6-4-7)17(10,11,12,13)14/h2-6H,1H2. The van der Waals surface area contributed by atoms with E-state index in [1.165, 1.54) is 0 Å². The molecule has 0 spiro atoms. The first-order valence-corrected chi connectivity index (χ1v) is 6.06. The van der Waals surface area contributed by atoms with Gasteiger partial charge in [-0.3, -0.25) is 0 Å². The molecule has 1 aromatic rings. The Kier molecular flexibility index (Phi) is 2.56. The summed E-state index contributed by atoms with van der Waals surface area (Å²) in [7, 11) is -9.67. The Morgan fingerprint density at radius 3 is 1.94 bits per heavy atom. The van der Waals surface area contributed by atoms with E-state index in [1.807, 2.05) is 0 Å². The molecule has 0 saturated heterocycles. The van der Waals surface area contributed by atoms with Crippen molar-refractivity contribution in [1.29, 1.82) is 0 Å². The summed E-state index contributed by atoms with van der Waals surface area (Å²) >= 11 is 0. The summed E-state index contributed by atoms with van der Waals surface area (Å²) in [5.74, 6) is -1.18. The van der Waals surface area contributed by atoms with E-state index < -0.39 is 21.1 Å². The number of hydrogen-bond acceptors (Lipinski definition) is 2. The molecule has 0 aliphatic carbocycles. The highest BCUT2D eigenvalue weighted by molar-refractivity contribution is 8.45. The number of ether oxygens (including phenoxy) is 1. The van der Waals surface area contributed by atoms with Gasteiger partial charge in [-0.2, -0.15) is 0 Å². The zero-order valence-electron chi connectivity index (χ0n) is 8.21. The normalized spacial score (nSPS) is 15.6. The molecular formula is C9H7F5O2S. The van der Waals surface area contributed by atoms with Crippen molar-refractivity contribution >= 4 is 16.2 Å². The SMILES string of the molecule is C=CC(=O)Oc1ccc(S(F)(F)(F)(F)F)cc1. The van der Waals surface area contributed by atoms with E-state index in [0.29, 0.717) is 12.1 Å². The molecule has 8 heteroatoms. The van der Waals surface area contributed by atoms with Crippen molar-refractivity contribution in [2.45, 2.75) is 4.90 Å². The van der Waals surface area contributed by atoms with Gasteiger partial charge < -0.3 is 4.74 Å². The second-order valence-electron chi connectivity index (χ2n) is 3.07. The Morgan fingerprint density at radius 2 is 1.59 bits per heavy atom. The molecule has 0 heterocycles. The third-order valence-electron chi connectivity index (χ3n) is 1.65. The largest absolute Gasteiger partial charge is 0.423 e. The molecule has 0 aliphatic rings. The fourth-order valence-electron chi connectivity index (χ4n) is 0.923. The Labute approximate surface area is 93.4 Å². The smallest absolute Gasteiger partial charge is 0.335 e. The van der Waals surface area contributed by atoms with Gasteiger partial charge in [0.05, 0.1) is 0 Å². The van der Waals surface area contributed by atoms with Crippen LogP contribution in [0.5, 0.6) is 5.75 Å². The van der Waals surface area contributed by atoms with Crippen LogP contribution >= 0.6 is 10.2 Å². The lowest BCUT2D eigenvalue weighted by molar-refractivity contribution is -0.128. The summed E-state index contributed by atoms with van der Waals surface area (Å²) in [6.07, 6.45) is 0.790. The minimum absolute atomic E-state index is 0.160. The van der Waals surface area contributed by atoms with Crippen LogP contribution in [0.25, 0.3) is 0 Å². The quantitative estimate of drug-likeness (QED) is 0.352. The summed E-state index contributed by atoms with van der Waals surface area (Å²) in [4.78, 5) is 8.65. The van der Waals surface area contributed by atoms with Crippen molar-refractivity contribution in [3.8, 4) is 5.75 Å². The lowest BCUT2D eigenvalue weighted by atomic mass is 10.3. The molecule has 0 aliphatic heterocycles. The monoisotopic (exact) mass is 274 g/mol. The third-order valence-corrected chi connectivity index (χ3v) is 2.82. The first kappa shape index (κ1) is 13.5. The number of hydrogen-bond donors (Lipinski definition) is 0. The van der Waals surface area contributed by atoms with Crippen LogP contribution in [0, 0.1) is 0 Å². The number of carbonyl (C=O) groups is 1. The average molecular weight is 274 g/mol. The predicted molar refractivity (Wildman–Crippen MR) is 53.7 cm³/mol. The number of carbonyl (C=O) groups excluding carboxylic acids is 1. The molecule has 2 nitrogen and oxygen atoms in total. The van der Waals surface area contributed by atoms with E-state index in [-0.39, 0.29) is 17.9 Å². The summed E-state index contributed by atoms with van der Waals surface area (Å²) in [6, 6.07) is 1.59. The maximum absolute atomic E-state index is 12.3. The first-order chi connectivity index (χ1) is 7.42. The Morgan fingerprint density at radius 1 is 1.12 bits per heavy atom. The van der Waals surface area contributed by atoms with Crippen LogP contribution < -0.4 is 4.74 Å². The molecule has 0 fully saturated rings. The van der Waals surface area contributed by atoms with Crippen LogP contribution in [0.2, 0.25) is 0 Å². The van der Waals surface area contributed by atoms with Crippen LogP contribution in [0.1, 0.15) is 0 Å². The van der Waals surface area contributed by atoms with Gasteiger partial charge in [0, 0.05) is 6.08 Å².